The first-order chi connectivity index (χ1) is 15.7. The Bertz CT molecular complexity index is 1170. The molecule has 9 nitrogen and oxygen atoms in total. The summed E-state index contributed by atoms with van der Waals surface area (Å²) in [5.41, 5.74) is 10.6. The molecular weight excluding hydrogens is 506 g/mol. The third kappa shape index (κ3) is 6.66. The largest absolute Gasteiger partial charge is 0.485 e. The van der Waals surface area contributed by atoms with Gasteiger partial charge in [-0.15, -0.1) is 5.10 Å². The first-order valence-corrected chi connectivity index (χ1v) is 10.5. The number of aliphatic imine (C=N–C) groups is 1. The van der Waals surface area contributed by atoms with Gasteiger partial charge in [0, 0.05) is 22.3 Å². The van der Waals surface area contributed by atoms with E-state index in [-0.39, 0.29) is 50.0 Å². The zero-order valence-corrected chi connectivity index (χ0v) is 18.7. The number of ether oxygens (including phenoxy) is 1. The average molecular weight is 520 g/mol. The lowest BCUT2D eigenvalue weighted by Crippen LogP contribution is -2.45. The van der Waals surface area contributed by atoms with Crippen LogP contribution < -0.4 is 21.3 Å². The molecule has 3 aromatic rings. The molecule has 0 saturated carbocycles. The Balaban J connectivity index is 1.72. The minimum atomic E-state index is -2.73. The second kappa shape index (κ2) is 11.1. The summed E-state index contributed by atoms with van der Waals surface area (Å²) in [6.07, 6.45) is -0.178. The number of hydrogen-bond donors (Lipinski definition) is 3. The first-order valence-electron chi connectivity index (χ1n) is 8.93. The normalized spacial score (nSPS) is 11.5. The van der Waals surface area contributed by atoms with Crippen LogP contribution in [0.15, 0.2) is 35.6 Å². The molecule has 0 radical (unpaired) electrons. The summed E-state index contributed by atoms with van der Waals surface area (Å²) in [6, 6.07) is 3.82. The van der Waals surface area contributed by atoms with E-state index >= 15 is 0 Å². The number of pyridine rings is 1. The Labute approximate surface area is 198 Å². The van der Waals surface area contributed by atoms with Gasteiger partial charge in [0.05, 0.1) is 23.5 Å². The molecule has 0 spiro atoms. The molecule has 0 fully saturated rings. The number of halogens is 5. The zero-order chi connectivity index (χ0) is 24.0. The molecule has 0 aliphatic carbocycles. The smallest absolute Gasteiger partial charge is 0.283 e. The molecule has 2 heterocycles. The molecule has 0 saturated heterocycles. The van der Waals surface area contributed by atoms with Gasteiger partial charge >= 0.3 is 0 Å². The molecule has 0 atom stereocenters. The molecule has 4 N–H and O–H groups in total. The Kier molecular flexibility index (Phi) is 8.25. The predicted molar refractivity (Wildman–Crippen MR) is 117 cm³/mol. The number of benzene rings is 1. The van der Waals surface area contributed by atoms with E-state index < -0.39 is 24.8 Å². The number of carbonyl (C=O) groups is 1. The predicted octanol–water partition coefficient (Wildman–Crippen LogP) is 3.44. The summed E-state index contributed by atoms with van der Waals surface area (Å²) in [7, 11) is 0. The summed E-state index contributed by atoms with van der Waals surface area (Å²) < 4.78 is 48.4. The number of hydrogen-bond acceptors (Lipinski definition) is 7. The van der Waals surface area contributed by atoms with Gasteiger partial charge in [0.15, 0.2) is 0 Å². The summed E-state index contributed by atoms with van der Waals surface area (Å²) in [4.78, 5) is 19.9. The van der Waals surface area contributed by atoms with E-state index in [1.165, 1.54) is 24.5 Å². The van der Waals surface area contributed by atoms with Gasteiger partial charge in [0.2, 0.25) is 5.96 Å². The summed E-state index contributed by atoms with van der Waals surface area (Å²) in [5.74, 6) is -1.55. The lowest BCUT2D eigenvalue weighted by Gasteiger charge is -2.14. The number of alkyl halides is 2. The van der Waals surface area contributed by atoms with E-state index in [9.17, 15) is 18.0 Å². The highest BCUT2D eigenvalue weighted by molar-refractivity contribution is 7.07. The van der Waals surface area contributed by atoms with Crippen LogP contribution in [-0.4, -0.2) is 39.5 Å². The molecule has 33 heavy (non-hydrogen) atoms. The number of rotatable bonds is 7. The fourth-order valence-corrected chi connectivity index (χ4v) is 3.41. The molecule has 0 bridgehead atoms. The highest BCUT2D eigenvalue weighted by atomic mass is 35.5. The molecule has 174 valence electrons. The summed E-state index contributed by atoms with van der Waals surface area (Å²) in [5, 5.41) is 3.72. The molecule has 1 amide bonds. The number of aromatic nitrogens is 3. The van der Waals surface area contributed by atoms with Crippen LogP contribution in [-0.2, 0) is 6.54 Å². The van der Waals surface area contributed by atoms with Crippen molar-refractivity contribution >= 4 is 46.6 Å². The Hall–Kier alpha value is -3.16. The van der Waals surface area contributed by atoms with Crippen molar-refractivity contribution in [1.82, 2.24) is 25.4 Å². The monoisotopic (exact) mass is 519 g/mol. The maximum Gasteiger partial charge on any atom is 0.283 e. The van der Waals surface area contributed by atoms with E-state index in [0.717, 1.165) is 17.6 Å². The van der Waals surface area contributed by atoms with Crippen molar-refractivity contribution in [2.24, 2.45) is 10.7 Å². The van der Waals surface area contributed by atoms with Crippen molar-refractivity contribution < 1.29 is 22.7 Å². The Morgan fingerprint density at radius 1 is 1.24 bits per heavy atom. The van der Waals surface area contributed by atoms with E-state index in [1.807, 2.05) is 0 Å². The van der Waals surface area contributed by atoms with Crippen LogP contribution in [0.5, 0.6) is 5.75 Å². The minimum Gasteiger partial charge on any atom is -0.485 e. The summed E-state index contributed by atoms with van der Waals surface area (Å²) >= 11 is 12.9. The molecule has 15 heteroatoms. The fourth-order valence-electron chi connectivity index (χ4n) is 2.45. The number of nitrogens with one attached hydrogen (secondary N) is 2. The maximum atomic E-state index is 14.6. The highest BCUT2D eigenvalue weighted by Crippen LogP contribution is 2.39. The van der Waals surface area contributed by atoms with Gasteiger partial charge in [-0.05, 0) is 29.7 Å². The number of nitrogens with two attached hydrogens (primary N) is 1. The van der Waals surface area contributed by atoms with Gasteiger partial charge in [-0.3, -0.25) is 20.6 Å². The molecule has 0 aliphatic heterocycles. The second-order valence-electron chi connectivity index (χ2n) is 6.18. The van der Waals surface area contributed by atoms with Crippen molar-refractivity contribution in [3.05, 3.63) is 57.0 Å². The first kappa shape index (κ1) is 24.5. The van der Waals surface area contributed by atoms with Gasteiger partial charge in [-0.25, -0.2) is 18.2 Å². The highest BCUT2D eigenvalue weighted by Gasteiger charge is 2.17. The lowest BCUT2D eigenvalue weighted by molar-refractivity contribution is 0.0822. The SMILES string of the molecule is NC(=NCc1ncc(-c2cc(Cl)cc(Cl)c2OCC(F)F)cc1F)NNC(=O)c1cnns1. The number of amides is 1. The zero-order valence-electron chi connectivity index (χ0n) is 16.4. The van der Waals surface area contributed by atoms with Gasteiger partial charge in [-0.1, -0.05) is 27.7 Å². The van der Waals surface area contributed by atoms with Gasteiger partial charge in [0.1, 0.15) is 23.1 Å². The number of nitrogens with zero attached hydrogens (tertiary/aromatic N) is 4. The lowest BCUT2D eigenvalue weighted by atomic mass is 10.1. The Morgan fingerprint density at radius 3 is 2.70 bits per heavy atom. The molecule has 0 unspecified atom stereocenters. The number of hydrazine groups is 1. The van der Waals surface area contributed by atoms with Crippen LogP contribution in [0.4, 0.5) is 13.2 Å². The summed E-state index contributed by atoms with van der Waals surface area (Å²) in [6.45, 7) is -1.16. The fraction of sp³-hybridized carbons (Fsp3) is 0.167. The Morgan fingerprint density at radius 2 is 2.03 bits per heavy atom. The van der Waals surface area contributed by atoms with Crippen LogP contribution in [0, 0.1) is 5.82 Å². The van der Waals surface area contributed by atoms with Crippen LogP contribution in [0.1, 0.15) is 15.4 Å². The van der Waals surface area contributed by atoms with Crippen molar-refractivity contribution in [1.29, 1.82) is 0 Å². The van der Waals surface area contributed by atoms with E-state index in [2.05, 4.69) is 30.4 Å². The average Bonchev–Trinajstić information content (AvgIpc) is 3.30. The van der Waals surface area contributed by atoms with Crippen molar-refractivity contribution in [2.75, 3.05) is 6.61 Å². The van der Waals surface area contributed by atoms with Gasteiger partial charge in [-0.2, -0.15) is 0 Å². The van der Waals surface area contributed by atoms with E-state index in [0.29, 0.717) is 0 Å². The number of carbonyl (C=O) groups excluding carboxylic acids is 1. The molecule has 1 aromatic carbocycles. The van der Waals surface area contributed by atoms with Crippen LogP contribution in [0.2, 0.25) is 10.0 Å². The topological polar surface area (TPSA) is 127 Å². The maximum absolute atomic E-state index is 14.6. The standard InChI is InChI=1S/C18H14Cl2F3N7O2S/c19-9-2-10(16(11(20)3-9)32-7-15(22)23)8-1-12(21)13(25-4-8)5-26-18(24)29-28-17(31)14-6-27-30-33-14/h1-4,6,15H,5,7H2,(H,28,31)(H3,24,26,29). The van der Waals surface area contributed by atoms with Gasteiger partial charge < -0.3 is 10.5 Å². The van der Waals surface area contributed by atoms with E-state index in [1.54, 1.807) is 0 Å². The molecule has 3 rings (SSSR count). The molecule has 2 aromatic heterocycles. The van der Waals surface area contributed by atoms with Crippen LogP contribution >= 0.6 is 34.7 Å². The van der Waals surface area contributed by atoms with E-state index in [4.69, 9.17) is 33.7 Å². The quantitative estimate of drug-likeness (QED) is 0.248. The second-order valence-corrected chi connectivity index (χ2v) is 7.81. The van der Waals surface area contributed by atoms with Crippen molar-refractivity contribution in [2.45, 2.75) is 13.0 Å². The van der Waals surface area contributed by atoms with Crippen molar-refractivity contribution in [3.8, 4) is 16.9 Å². The minimum absolute atomic E-state index is 0.0118. The van der Waals surface area contributed by atoms with Crippen molar-refractivity contribution in [3.63, 3.8) is 0 Å². The van der Waals surface area contributed by atoms with Crippen LogP contribution in [0.25, 0.3) is 11.1 Å². The van der Waals surface area contributed by atoms with Crippen LogP contribution in [0.3, 0.4) is 0 Å². The molecular formula is C18H14Cl2F3N7O2S. The third-order valence-corrected chi connectivity index (χ3v) is 5.04. The number of guanidine groups is 1. The third-order valence-electron chi connectivity index (χ3n) is 3.88. The molecule has 0 aliphatic rings. The van der Waals surface area contributed by atoms with Gasteiger partial charge in [0.25, 0.3) is 12.3 Å².